The van der Waals surface area contributed by atoms with Gasteiger partial charge in [-0.05, 0) is 31.0 Å². The van der Waals surface area contributed by atoms with Crippen molar-refractivity contribution >= 4 is 23.3 Å². The van der Waals surface area contributed by atoms with Gasteiger partial charge in [-0.25, -0.2) is 4.79 Å². The molecule has 6 heteroatoms. The van der Waals surface area contributed by atoms with Gasteiger partial charge in [-0.2, -0.15) is 0 Å². The molecule has 1 atom stereocenters. The Kier molecular flexibility index (Phi) is 5.01. The van der Waals surface area contributed by atoms with E-state index in [1.54, 1.807) is 13.0 Å². The Morgan fingerprint density at radius 2 is 1.87 bits per heavy atom. The molecule has 0 N–H and O–H groups in total. The molecule has 2 aromatic rings. The molecular formula is C17H16ClNO4. The highest BCUT2D eigenvalue weighted by Crippen LogP contribution is 2.38. The molecule has 0 fully saturated rings. The highest BCUT2D eigenvalue weighted by molar-refractivity contribution is 6.34. The van der Waals surface area contributed by atoms with E-state index in [9.17, 15) is 14.9 Å². The van der Waals surface area contributed by atoms with E-state index in [2.05, 4.69) is 0 Å². The van der Waals surface area contributed by atoms with E-state index in [0.717, 1.165) is 5.56 Å². The van der Waals surface area contributed by atoms with Crippen LogP contribution in [0.3, 0.4) is 0 Å². The molecule has 0 heterocycles. The minimum absolute atomic E-state index is 0.113. The fraction of sp³-hybridized carbons (Fsp3) is 0.235. The number of hydrogen-bond donors (Lipinski definition) is 0. The molecule has 2 aromatic carbocycles. The second-order valence-corrected chi connectivity index (χ2v) is 5.83. The largest absolute Gasteiger partial charge is 0.464 e. The summed E-state index contributed by atoms with van der Waals surface area (Å²) in [6.45, 7) is 3.20. The maximum absolute atomic E-state index is 12.0. The molecule has 0 radical (unpaired) electrons. The van der Waals surface area contributed by atoms with Crippen LogP contribution in [0.4, 0.5) is 5.69 Å². The second kappa shape index (κ2) is 6.79. The number of carbonyl (C=O) groups is 1. The number of nitro groups is 1. The number of ether oxygens (including phenoxy) is 1. The third-order valence-corrected chi connectivity index (χ3v) is 3.82. The van der Waals surface area contributed by atoms with Gasteiger partial charge in [-0.1, -0.05) is 36.4 Å². The van der Waals surface area contributed by atoms with Crippen molar-refractivity contribution in [2.24, 2.45) is 0 Å². The van der Waals surface area contributed by atoms with Gasteiger partial charge in [0.2, 0.25) is 0 Å². The van der Waals surface area contributed by atoms with Crippen molar-refractivity contribution in [1.29, 1.82) is 0 Å². The van der Waals surface area contributed by atoms with Gasteiger partial charge in [0.25, 0.3) is 5.69 Å². The summed E-state index contributed by atoms with van der Waals surface area (Å²) in [5, 5.41) is 11.4. The van der Waals surface area contributed by atoms with Crippen molar-refractivity contribution in [3.8, 4) is 11.1 Å². The van der Waals surface area contributed by atoms with Crippen molar-refractivity contribution in [2.45, 2.75) is 18.7 Å². The topological polar surface area (TPSA) is 69.4 Å². The van der Waals surface area contributed by atoms with E-state index in [1.807, 2.05) is 30.3 Å². The summed E-state index contributed by atoms with van der Waals surface area (Å²) < 4.78 is 4.92. The number of benzene rings is 2. The lowest BCUT2D eigenvalue weighted by molar-refractivity contribution is -0.385. The zero-order chi connectivity index (χ0) is 17.0. The first-order chi connectivity index (χ1) is 10.9. The van der Waals surface area contributed by atoms with E-state index in [1.165, 1.54) is 19.1 Å². The summed E-state index contributed by atoms with van der Waals surface area (Å²) in [4.78, 5) is 21.3. The second-order valence-electron chi connectivity index (χ2n) is 5.08. The van der Waals surface area contributed by atoms with E-state index in [4.69, 9.17) is 16.3 Å². The monoisotopic (exact) mass is 333 g/mol. The summed E-state index contributed by atoms with van der Waals surface area (Å²) in [6, 6.07) is 13.9. The number of nitrogens with zero attached hydrogens (tertiary/aromatic N) is 1. The van der Waals surface area contributed by atoms with Crippen LogP contribution in [-0.4, -0.2) is 17.5 Å². The maximum atomic E-state index is 12.0. The number of esters is 1. The van der Waals surface area contributed by atoms with E-state index < -0.39 is 15.8 Å². The minimum atomic E-state index is -1.62. The predicted molar refractivity (Wildman–Crippen MR) is 88.4 cm³/mol. The van der Waals surface area contributed by atoms with Crippen molar-refractivity contribution in [3.05, 3.63) is 64.2 Å². The minimum Gasteiger partial charge on any atom is -0.464 e. The quantitative estimate of drug-likeness (QED) is 0.354. The highest BCUT2D eigenvalue weighted by Gasteiger charge is 2.40. The highest BCUT2D eigenvalue weighted by atomic mass is 35.5. The van der Waals surface area contributed by atoms with Crippen LogP contribution in [0.25, 0.3) is 11.1 Å². The summed E-state index contributed by atoms with van der Waals surface area (Å²) in [6.07, 6.45) is 0. The Bertz CT molecular complexity index is 729. The van der Waals surface area contributed by atoms with E-state index >= 15 is 0 Å². The maximum Gasteiger partial charge on any atom is 0.331 e. The molecule has 0 aliphatic heterocycles. The van der Waals surface area contributed by atoms with Crippen LogP contribution in [-0.2, 0) is 14.4 Å². The van der Waals surface area contributed by atoms with Gasteiger partial charge in [-0.15, -0.1) is 11.6 Å². The smallest absolute Gasteiger partial charge is 0.331 e. The predicted octanol–water partition coefficient (Wildman–Crippen LogP) is 4.28. The van der Waals surface area contributed by atoms with Crippen LogP contribution >= 0.6 is 11.6 Å². The summed E-state index contributed by atoms with van der Waals surface area (Å²) >= 11 is 6.26. The molecule has 0 spiro atoms. The first-order valence-electron chi connectivity index (χ1n) is 7.08. The van der Waals surface area contributed by atoms with Gasteiger partial charge >= 0.3 is 5.97 Å². The number of rotatable bonds is 5. The average Bonchev–Trinajstić information content (AvgIpc) is 2.55. The van der Waals surface area contributed by atoms with Crippen LogP contribution in [0.15, 0.2) is 48.5 Å². The first kappa shape index (κ1) is 17.0. The van der Waals surface area contributed by atoms with Crippen LogP contribution in [0.1, 0.15) is 19.4 Å². The van der Waals surface area contributed by atoms with Gasteiger partial charge in [0, 0.05) is 6.07 Å². The van der Waals surface area contributed by atoms with Crippen molar-refractivity contribution < 1.29 is 14.5 Å². The molecule has 0 aromatic heterocycles. The van der Waals surface area contributed by atoms with Crippen molar-refractivity contribution in [3.63, 3.8) is 0 Å². The number of carbonyl (C=O) groups excluding carboxylic acids is 1. The molecule has 120 valence electrons. The van der Waals surface area contributed by atoms with E-state index in [0.29, 0.717) is 5.56 Å². The molecule has 2 rings (SSSR count). The zero-order valence-corrected chi connectivity index (χ0v) is 13.5. The molecule has 23 heavy (non-hydrogen) atoms. The lowest BCUT2D eigenvalue weighted by atomic mass is 9.95. The summed E-state index contributed by atoms with van der Waals surface area (Å²) in [5.41, 5.74) is 1.42. The van der Waals surface area contributed by atoms with Gasteiger partial charge in [0.15, 0.2) is 4.87 Å². The molecule has 0 saturated heterocycles. The SMILES string of the molecule is CCOC(=O)C(C)(Cl)c1ccc(-c2ccccc2)cc1[N+](=O)[O-]. The summed E-state index contributed by atoms with van der Waals surface area (Å²) in [5.74, 6) is -0.711. The standard InChI is InChI=1S/C17H16ClNO4/c1-3-23-16(20)17(2,18)14-10-9-13(11-15(14)19(21)22)12-7-5-4-6-8-12/h4-11H,3H2,1-2H3. The number of nitro benzene ring substituents is 1. The first-order valence-corrected chi connectivity index (χ1v) is 7.46. The number of alkyl halides is 1. The zero-order valence-electron chi connectivity index (χ0n) is 12.8. The van der Waals surface area contributed by atoms with Gasteiger partial charge in [0.1, 0.15) is 0 Å². The molecule has 0 aliphatic rings. The average molecular weight is 334 g/mol. The molecule has 0 amide bonds. The molecular weight excluding hydrogens is 318 g/mol. The van der Waals surface area contributed by atoms with Crippen LogP contribution < -0.4 is 0 Å². The Morgan fingerprint density at radius 1 is 1.22 bits per heavy atom. The molecule has 0 saturated carbocycles. The molecule has 0 aliphatic carbocycles. The van der Waals surface area contributed by atoms with Crippen LogP contribution in [0.2, 0.25) is 0 Å². The fourth-order valence-electron chi connectivity index (χ4n) is 2.27. The normalized spacial score (nSPS) is 13.2. The number of hydrogen-bond acceptors (Lipinski definition) is 4. The van der Waals surface area contributed by atoms with E-state index in [-0.39, 0.29) is 17.9 Å². The Labute approximate surface area is 139 Å². The molecule has 0 bridgehead atoms. The van der Waals surface area contributed by atoms with Crippen molar-refractivity contribution in [2.75, 3.05) is 6.61 Å². The third-order valence-electron chi connectivity index (χ3n) is 3.47. The fourth-order valence-corrected chi connectivity index (χ4v) is 2.48. The Balaban J connectivity index is 2.54. The lowest BCUT2D eigenvalue weighted by Crippen LogP contribution is -2.29. The van der Waals surface area contributed by atoms with Crippen LogP contribution in [0, 0.1) is 10.1 Å². The lowest BCUT2D eigenvalue weighted by Gasteiger charge is -2.20. The van der Waals surface area contributed by atoms with Crippen molar-refractivity contribution in [1.82, 2.24) is 0 Å². The summed E-state index contributed by atoms with van der Waals surface area (Å²) in [7, 11) is 0. The Morgan fingerprint density at radius 3 is 2.43 bits per heavy atom. The molecule has 5 nitrogen and oxygen atoms in total. The van der Waals surface area contributed by atoms with Gasteiger partial charge in [-0.3, -0.25) is 10.1 Å². The van der Waals surface area contributed by atoms with Crippen LogP contribution in [0.5, 0.6) is 0 Å². The van der Waals surface area contributed by atoms with Gasteiger partial charge < -0.3 is 4.74 Å². The number of halogens is 1. The third kappa shape index (κ3) is 3.51. The van der Waals surface area contributed by atoms with Gasteiger partial charge in [0.05, 0.1) is 17.1 Å². The molecule has 1 unspecified atom stereocenters. The Hall–Kier alpha value is -2.40.